The number of aliphatic hydroxyl groups excluding tert-OH is 1. The molecule has 1 aromatic heterocycles. The Bertz CT molecular complexity index is 291. The lowest BCUT2D eigenvalue weighted by Gasteiger charge is -2.10. The fourth-order valence-corrected chi connectivity index (χ4v) is 1.64. The Morgan fingerprint density at radius 2 is 2.31 bits per heavy atom. The molecule has 0 aromatic carbocycles. The van der Waals surface area contributed by atoms with Gasteiger partial charge in [-0.3, -0.25) is 0 Å². The maximum atomic E-state index is 8.50. The Morgan fingerprint density at radius 1 is 1.50 bits per heavy atom. The minimum atomic E-state index is 0.0876. The van der Waals surface area contributed by atoms with Crippen molar-refractivity contribution in [3.05, 3.63) is 22.6 Å². The van der Waals surface area contributed by atoms with Crippen LogP contribution in [0.1, 0.15) is 25.1 Å². The van der Waals surface area contributed by atoms with Crippen molar-refractivity contribution in [2.24, 2.45) is 0 Å². The SMILES string of the molecule is CC(NCCCOCCO)c1ccc(Br)o1. The summed E-state index contributed by atoms with van der Waals surface area (Å²) in [6.07, 6.45) is 0.923. The third-order valence-corrected chi connectivity index (χ3v) is 2.60. The minimum absolute atomic E-state index is 0.0876. The van der Waals surface area contributed by atoms with Crippen molar-refractivity contribution in [1.82, 2.24) is 5.32 Å². The van der Waals surface area contributed by atoms with E-state index in [-0.39, 0.29) is 12.6 Å². The molecule has 0 radical (unpaired) electrons. The topological polar surface area (TPSA) is 54.6 Å². The molecule has 0 saturated carbocycles. The molecule has 0 spiro atoms. The van der Waals surface area contributed by atoms with Crippen LogP contribution in [-0.2, 0) is 4.74 Å². The molecular weight excluding hydrogens is 274 g/mol. The summed E-state index contributed by atoms with van der Waals surface area (Å²) < 4.78 is 11.3. The van der Waals surface area contributed by atoms with E-state index in [1.54, 1.807) is 0 Å². The van der Waals surface area contributed by atoms with Crippen LogP contribution in [0, 0.1) is 0 Å². The van der Waals surface area contributed by atoms with Gasteiger partial charge in [0.05, 0.1) is 19.3 Å². The van der Waals surface area contributed by atoms with E-state index >= 15 is 0 Å². The molecule has 1 atom stereocenters. The van der Waals surface area contributed by atoms with E-state index in [2.05, 4.69) is 28.2 Å². The summed E-state index contributed by atoms with van der Waals surface area (Å²) in [5.74, 6) is 0.920. The van der Waals surface area contributed by atoms with E-state index in [4.69, 9.17) is 14.3 Å². The number of halogens is 1. The third-order valence-electron chi connectivity index (χ3n) is 2.17. The van der Waals surface area contributed by atoms with Gasteiger partial charge in [0, 0.05) is 6.61 Å². The minimum Gasteiger partial charge on any atom is -0.453 e. The first kappa shape index (κ1) is 13.7. The van der Waals surface area contributed by atoms with Gasteiger partial charge < -0.3 is 19.6 Å². The van der Waals surface area contributed by atoms with E-state index in [0.717, 1.165) is 23.4 Å². The molecular formula is C11H18BrNO3. The Balaban J connectivity index is 2.09. The maximum absolute atomic E-state index is 8.50. The van der Waals surface area contributed by atoms with Crippen molar-refractivity contribution in [3.63, 3.8) is 0 Å². The molecule has 0 amide bonds. The normalized spacial score (nSPS) is 12.9. The van der Waals surface area contributed by atoms with Crippen LogP contribution in [-0.4, -0.2) is 31.5 Å². The number of hydrogen-bond donors (Lipinski definition) is 2. The van der Waals surface area contributed by atoms with E-state index in [9.17, 15) is 0 Å². The average Bonchev–Trinajstić information content (AvgIpc) is 2.70. The van der Waals surface area contributed by atoms with Crippen LogP contribution in [0.3, 0.4) is 0 Å². The average molecular weight is 292 g/mol. The molecule has 1 heterocycles. The van der Waals surface area contributed by atoms with E-state index in [0.29, 0.717) is 13.2 Å². The molecule has 16 heavy (non-hydrogen) atoms. The fraction of sp³-hybridized carbons (Fsp3) is 0.636. The van der Waals surface area contributed by atoms with Crippen LogP contribution in [0.15, 0.2) is 21.2 Å². The van der Waals surface area contributed by atoms with Gasteiger partial charge in [-0.05, 0) is 48.0 Å². The first-order chi connectivity index (χ1) is 7.74. The molecule has 5 heteroatoms. The second-order valence-corrected chi connectivity index (χ2v) is 4.29. The van der Waals surface area contributed by atoms with Gasteiger partial charge >= 0.3 is 0 Å². The summed E-state index contributed by atoms with van der Waals surface area (Å²) in [6, 6.07) is 4.03. The van der Waals surface area contributed by atoms with Crippen LogP contribution in [0.2, 0.25) is 0 Å². The highest BCUT2D eigenvalue weighted by atomic mass is 79.9. The van der Waals surface area contributed by atoms with Gasteiger partial charge in [-0.2, -0.15) is 0 Å². The van der Waals surface area contributed by atoms with Crippen LogP contribution in [0.25, 0.3) is 0 Å². The number of ether oxygens (including phenoxy) is 1. The number of rotatable bonds is 8. The molecule has 0 bridgehead atoms. The molecule has 0 aliphatic heterocycles. The van der Waals surface area contributed by atoms with E-state index in [1.165, 1.54) is 0 Å². The highest BCUT2D eigenvalue weighted by Crippen LogP contribution is 2.19. The highest BCUT2D eigenvalue weighted by molar-refractivity contribution is 9.10. The number of aliphatic hydroxyl groups is 1. The van der Waals surface area contributed by atoms with Crippen LogP contribution >= 0.6 is 15.9 Å². The van der Waals surface area contributed by atoms with Crippen molar-refractivity contribution < 1.29 is 14.3 Å². The summed E-state index contributed by atoms with van der Waals surface area (Å²) >= 11 is 3.27. The van der Waals surface area contributed by atoms with Crippen molar-refractivity contribution in [3.8, 4) is 0 Å². The van der Waals surface area contributed by atoms with Crippen LogP contribution < -0.4 is 5.32 Å². The second-order valence-electron chi connectivity index (χ2n) is 3.51. The Kier molecular flexibility index (Phi) is 6.71. The molecule has 2 N–H and O–H groups in total. The van der Waals surface area contributed by atoms with Gasteiger partial charge in [0.1, 0.15) is 5.76 Å². The summed E-state index contributed by atoms with van der Waals surface area (Å²) in [6.45, 7) is 4.10. The monoisotopic (exact) mass is 291 g/mol. The lowest BCUT2D eigenvalue weighted by atomic mass is 10.2. The number of nitrogens with one attached hydrogen (secondary N) is 1. The zero-order chi connectivity index (χ0) is 11.8. The smallest absolute Gasteiger partial charge is 0.169 e. The molecule has 92 valence electrons. The predicted octanol–water partition coefficient (Wildman–Crippen LogP) is 2.09. The summed E-state index contributed by atoms with van der Waals surface area (Å²) in [4.78, 5) is 0. The molecule has 0 fully saturated rings. The maximum Gasteiger partial charge on any atom is 0.169 e. The third kappa shape index (κ3) is 5.12. The van der Waals surface area contributed by atoms with Gasteiger partial charge in [0.15, 0.2) is 4.67 Å². The van der Waals surface area contributed by atoms with Crippen LogP contribution in [0.5, 0.6) is 0 Å². The molecule has 1 rings (SSSR count). The standard InChI is InChI=1S/C11H18BrNO3/c1-9(10-3-4-11(12)16-10)13-5-2-7-15-8-6-14/h3-4,9,13-14H,2,5-8H2,1H3. The van der Waals surface area contributed by atoms with Crippen molar-refractivity contribution >= 4 is 15.9 Å². The Morgan fingerprint density at radius 3 is 2.94 bits per heavy atom. The number of hydrogen-bond acceptors (Lipinski definition) is 4. The first-order valence-corrected chi connectivity index (χ1v) is 6.20. The molecule has 0 aliphatic rings. The van der Waals surface area contributed by atoms with Crippen LogP contribution in [0.4, 0.5) is 0 Å². The van der Waals surface area contributed by atoms with Crippen molar-refractivity contribution in [2.75, 3.05) is 26.4 Å². The van der Waals surface area contributed by atoms with Gasteiger partial charge in [-0.15, -0.1) is 0 Å². The van der Waals surface area contributed by atoms with Gasteiger partial charge in [-0.25, -0.2) is 0 Å². The largest absolute Gasteiger partial charge is 0.453 e. The summed E-state index contributed by atoms with van der Waals surface area (Å²) in [5.41, 5.74) is 0. The molecule has 0 saturated heterocycles. The molecule has 1 unspecified atom stereocenters. The van der Waals surface area contributed by atoms with Gasteiger partial charge in [0.25, 0.3) is 0 Å². The lowest BCUT2D eigenvalue weighted by molar-refractivity contribution is 0.0903. The fourth-order valence-electron chi connectivity index (χ4n) is 1.32. The van der Waals surface area contributed by atoms with Gasteiger partial charge in [-0.1, -0.05) is 0 Å². The van der Waals surface area contributed by atoms with E-state index in [1.807, 2.05) is 12.1 Å². The number of furan rings is 1. The summed E-state index contributed by atoms with van der Waals surface area (Å²) in [5, 5.41) is 11.8. The Labute approximate surface area is 104 Å². The van der Waals surface area contributed by atoms with Gasteiger partial charge in [0.2, 0.25) is 0 Å². The van der Waals surface area contributed by atoms with Crippen molar-refractivity contribution in [2.45, 2.75) is 19.4 Å². The highest BCUT2D eigenvalue weighted by Gasteiger charge is 2.08. The zero-order valence-electron chi connectivity index (χ0n) is 9.41. The quantitative estimate of drug-likeness (QED) is 0.720. The molecule has 1 aromatic rings. The summed E-state index contributed by atoms with van der Waals surface area (Å²) in [7, 11) is 0. The predicted molar refractivity (Wildman–Crippen MR) is 65.3 cm³/mol. The molecule has 0 aliphatic carbocycles. The first-order valence-electron chi connectivity index (χ1n) is 5.41. The molecule has 4 nitrogen and oxygen atoms in total. The van der Waals surface area contributed by atoms with Crippen molar-refractivity contribution in [1.29, 1.82) is 0 Å². The Hall–Kier alpha value is -0.360. The zero-order valence-corrected chi connectivity index (χ0v) is 11.0. The lowest BCUT2D eigenvalue weighted by Crippen LogP contribution is -2.20. The second kappa shape index (κ2) is 7.84. The van der Waals surface area contributed by atoms with E-state index < -0.39 is 0 Å².